The van der Waals surface area contributed by atoms with E-state index in [1.165, 1.54) is 6.33 Å². The van der Waals surface area contributed by atoms with Crippen LogP contribution in [0.15, 0.2) is 18.5 Å². The van der Waals surface area contributed by atoms with Crippen LogP contribution in [0.25, 0.3) is 10.9 Å². The first-order valence-electron chi connectivity index (χ1n) is 8.40. The average Bonchev–Trinajstić information content (AvgIpc) is 2.64. The number of aromatic nitrogens is 2. The number of rotatable bonds is 4. The molecule has 0 aliphatic carbocycles. The van der Waals surface area contributed by atoms with E-state index in [0.717, 1.165) is 50.3 Å². The predicted octanol–water partition coefficient (Wildman–Crippen LogP) is 1.73. The molecule has 2 aromatic rings. The number of fused-ring (bicyclic) bond motifs is 2. The predicted molar refractivity (Wildman–Crippen MR) is 94.3 cm³/mol. The Morgan fingerprint density at radius 1 is 1.16 bits per heavy atom. The van der Waals surface area contributed by atoms with Crippen LogP contribution in [0.2, 0.25) is 5.15 Å². The highest BCUT2D eigenvalue weighted by Gasteiger charge is 2.26. The van der Waals surface area contributed by atoms with Crippen molar-refractivity contribution in [1.82, 2.24) is 14.9 Å². The van der Waals surface area contributed by atoms with Crippen LogP contribution in [0.5, 0.6) is 5.75 Å². The second kappa shape index (κ2) is 7.11. The molecule has 0 radical (unpaired) electrons. The minimum atomic E-state index is -0.0400. The number of carbonyl (C=O) groups is 1. The largest absolute Gasteiger partial charge is 0.481 e. The summed E-state index contributed by atoms with van der Waals surface area (Å²) in [6, 6.07) is 3.67. The molecule has 0 N–H and O–H groups in total. The molecule has 0 bridgehead atoms. The Labute approximate surface area is 150 Å². The van der Waals surface area contributed by atoms with E-state index in [1.807, 2.05) is 12.1 Å². The molecule has 7 nitrogen and oxygen atoms in total. The van der Waals surface area contributed by atoms with Gasteiger partial charge in [0.15, 0.2) is 6.61 Å². The van der Waals surface area contributed by atoms with Crippen LogP contribution in [0.4, 0.5) is 5.69 Å². The summed E-state index contributed by atoms with van der Waals surface area (Å²) < 4.78 is 11.0. The Kier molecular flexibility index (Phi) is 4.70. The summed E-state index contributed by atoms with van der Waals surface area (Å²) in [5.41, 5.74) is 1.45. The molecule has 1 fully saturated rings. The molecule has 4 rings (SSSR count). The quantitative estimate of drug-likeness (QED) is 0.772. The fourth-order valence-corrected chi connectivity index (χ4v) is 3.44. The maximum absolute atomic E-state index is 12.4. The molecule has 25 heavy (non-hydrogen) atoms. The van der Waals surface area contributed by atoms with Crippen molar-refractivity contribution in [2.24, 2.45) is 0 Å². The summed E-state index contributed by atoms with van der Waals surface area (Å²) in [6.45, 7) is 5.10. The highest BCUT2D eigenvalue weighted by molar-refractivity contribution is 6.34. The molecule has 132 valence electrons. The maximum atomic E-state index is 12.4. The molecule has 3 heterocycles. The Hall–Kier alpha value is -1.96. The van der Waals surface area contributed by atoms with Crippen LogP contribution in [0.3, 0.4) is 0 Å². The maximum Gasteiger partial charge on any atom is 0.265 e. The third kappa shape index (κ3) is 3.40. The number of halogens is 1. The van der Waals surface area contributed by atoms with Crippen LogP contribution in [0, 0.1) is 0 Å². The van der Waals surface area contributed by atoms with Crippen LogP contribution < -0.4 is 9.64 Å². The van der Waals surface area contributed by atoms with Crippen LogP contribution in [-0.2, 0) is 9.53 Å². The van der Waals surface area contributed by atoms with E-state index >= 15 is 0 Å². The third-order valence-electron chi connectivity index (χ3n) is 4.57. The zero-order valence-electron chi connectivity index (χ0n) is 13.8. The van der Waals surface area contributed by atoms with Gasteiger partial charge in [-0.3, -0.25) is 9.69 Å². The van der Waals surface area contributed by atoms with E-state index in [0.29, 0.717) is 23.0 Å². The standard InChI is InChI=1S/C17H19ClN4O3/c18-17-12-8-14-15(9-13(12)19-11-20-17)25-10-16(23)22(14)3-1-2-21-4-6-24-7-5-21/h8-9,11H,1-7,10H2. The monoisotopic (exact) mass is 362 g/mol. The molecule has 2 aliphatic rings. The average molecular weight is 363 g/mol. The van der Waals surface area contributed by atoms with Gasteiger partial charge in [0.1, 0.15) is 17.2 Å². The van der Waals surface area contributed by atoms with Gasteiger partial charge in [-0.15, -0.1) is 0 Å². The van der Waals surface area contributed by atoms with Gasteiger partial charge in [0.25, 0.3) is 5.91 Å². The fraction of sp³-hybridized carbons (Fsp3) is 0.471. The topological polar surface area (TPSA) is 67.8 Å². The number of hydrogen-bond donors (Lipinski definition) is 0. The van der Waals surface area contributed by atoms with Crippen molar-refractivity contribution in [2.75, 3.05) is 50.9 Å². The lowest BCUT2D eigenvalue weighted by atomic mass is 10.1. The Morgan fingerprint density at radius 3 is 2.84 bits per heavy atom. The van der Waals surface area contributed by atoms with E-state index in [1.54, 1.807) is 4.90 Å². The number of anilines is 1. The van der Waals surface area contributed by atoms with E-state index in [4.69, 9.17) is 21.1 Å². The zero-order chi connectivity index (χ0) is 17.2. The van der Waals surface area contributed by atoms with E-state index in [-0.39, 0.29) is 12.5 Å². The first-order valence-corrected chi connectivity index (χ1v) is 8.78. The lowest BCUT2D eigenvalue weighted by molar-refractivity contribution is -0.121. The second-order valence-corrected chi connectivity index (χ2v) is 6.50. The van der Waals surface area contributed by atoms with Gasteiger partial charge in [-0.25, -0.2) is 9.97 Å². The van der Waals surface area contributed by atoms with Crippen LogP contribution in [-0.4, -0.2) is 66.8 Å². The molecule has 1 aromatic carbocycles. The molecule has 1 aromatic heterocycles. The molecule has 1 amide bonds. The molecular formula is C17H19ClN4O3. The van der Waals surface area contributed by atoms with Gasteiger partial charge in [-0.05, 0) is 12.5 Å². The lowest BCUT2D eigenvalue weighted by Gasteiger charge is -2.31. The van der Waals surface area contributed by atoms with Crippen molar-refractivity contribution in [2.45, 2.75) is 6.42 Å². The Bertz CT molecular complexity index is 795. The fourth-order valence-electron chi connectivity index (χ4n) is 3.24. The molecule has 1 saturated heterocycles. The number of carbonyl (C=O) groups excluding carboxylic acids is 1. The van der Waals surface area contributed by atoms with Crippen LogP contribution in [0.1, 0.15) is 6.42 Å². The summed E-state index contributed by atoms with van der Waals surface area (Å²) in [5.74, 6) is 0.620. The highest BCUT2D eigenvalue weighted by atomic mass is 35.5. The van der Waals surface area contributed by atoms with Gasteiger partial charge in [0, 0.05) is 37.6 Å². The number of nitrogens with zero attached hydrogens (tertiary/aromatic N) is 4. The normalized spacial score (nSPS) is 18.3. The lowest BCUT2D eigenvalue weighted by Crippen LogP contribution is -2.42. The number of benzene rings is 1. The Morgan fingerprint density at radius 2 is 2.00 bits per heavy atom. The summed E-state index contributed by atoms with van der Waals surface area (Å²) in [5, 5.41) is 1.10. The molecule has 0 atom stereocenters. The van der Waals surface area contributed by atoms with E-state index < -0.39 is 0 Å². The van der Waals surface area contributed by atoms with Crippen LogP contribution >= 0.6 is 11.6 Å². The van der Waals surface area contributed by atoms with E-state index in [9.17, 15) is 4.79 Å². The van der Waals surface area contributed by atoms with Crippen molar-refractivity contribution in [1.29, 1.82) is 0 Å². The highest BCUT2D eigenvalue weighted by Crippen LogP contribution is 2.37. The SMILES string of the molecule is O=C1COc2cc3ncnc(Cl)c3cc2N1CCCN1CCOCC1. The number of hydrogen-bond acceptors (Lipinski definition) is 6. The van der Waals surface area contributed by atoms with Gasteiger partial charge in [-0.2, -0.15) is 0 Å². The third-order valence-corrected chi connectivity index (χ3v) is 4.87. The number of ether oxygens (including phenoxy) is 2. The second-order valence-electron chi connectivity index (χ2n) is 6.14. The van der Waals surface area contributed by atoms with E-state index in [2.05, 4.69) is 14.9 Å². The van der Waals surface area contributed by atoms with Crippen molar-refractivity contribution >= 4 is 34.1 Å². The van der Waals surface area contributed by atoms with Gasteiger partial charge >= 0.3 is 0 Å². The minimum Gasteiger partial charge on any atom is -0.481 e. The molecule has 8 heteroatoms. The van der Waals surface area contributed by atoms with Gasteiger partial charge in [-0.1, -0.05) is 11.6 Å². The summed E-state index contributed by atoms with van der Waals surface area (Å²) in [7, 11) is 0. The minimum absolute atomic E-state index is 0.0400. The van der Waals surface area contributed by atoms with Gasteiger partial charge in [0.05, 0.1) is 24.4 Å². The number of amides is 1. The van der Waals surface area contributed by atoms with Crippen molar-refractivity contribution in [3.05, 3.63) is 23.6 Å². The molecule has 0 unspecified atom stereocenters. The first kappa shape index (κ1) is 16.5. The summed E-state index contributed by atoms with van der Waals surface area (Å²) in [4.78, 5) is 24.7. The Balaban J connectivity index is 1.54. The molecular weight excluding hydrogens is 344 g/mol. The van der Waals surface area contributed by atoms with Gasteiger partial charge < -0.3 is 14.4 Å². The smallest absolute Gasteiger partial charge is 0.265 e. The first-order chi connectivity index (χ1) is 12.2. The summed E-state index contributed by atoms with van der Waals surface area (Å²) in [6.07, 6.45) is 2.31. The number of morpholine rings is 1. The van der Waals surface area contributed by atoms with Crippen molar-refractivity contribution in [3.8, 4) is 5.75 Å². The van der Waals surface area contributed by atoms with Crippen molar-refractivity contribution < 1.29 is 14.3 Å². The van der Waals surface area contributed by atoms with Crippen molar-refractivity contribution in [3.63, 3.8) is 0 Å². The van der Waals surface area contributed by atoms with Gasteiger partial charge in [0.2, 0.25) is 0 Å². The molecule has 2 aliphatic heterocycles. The molecule has 0 saturated carbocycles. The zero-order valence-corrected chi connectivity index (χ0v) is 14.5. The summed E-state index contributed by atoms with van der Waals surface area (Å²) >= 11 is 6.18. The molecule has 0 spiro atoms.